The lowest BCUT2D eigenvalue weighted by Crippen LogP contribution is -2.25. The molecule has 2 nitrogen and oxygen atoms in total. The number of halogens is 4. The molecule has 0 fully saturated rings. The molecule has 3 aromatic rings. The molecule has 0 saturated heterocycles. The topological polar surface area (TPSA) is 17.8 Å². The molecular formula is C17H12BrF3N2. The third-order valence-electron chi connectivity index (χ3n) is 3.48. The van der Waals surface area contributed by atoms with Gasteiger partial charge in [-0.1, -0.05) is 54.6 Å². The van der Waals surface area contributed by atoms with Crippen molar-refractivity contribution in [3.8, 4) is 11.1 Å². The van der Waals surface area contributed by atoms with Crippen LogP contribution in [0, 0.1) is 0 Å². The van der Waals surface area contributed by atoms with Crippen molar-refractivity contribution in [3.05, 3.63) is 77.0 Å². The molecule has 0 radical (unpaired) electrons. The molecule has 0 N–H and O–H groups in total. The molecule has 0 amide bonds. The average Bonchev–Trinajstić information content (AvgIpc) is 3.01. The van der Waals surface area contributed by atoms with Gasteiger partial charge in [0.1, 0.15) is 0 Å². The summed E-state index contributed by atoms with van der Waals surface area (Å²) < 4.78 is 43.9. The highest BCUT2D eigenvalue weighted by Gasteiger charge is 2.43. The van der Waals surface area contributed by atoms with Gasteiger partial charge in [-0.2, -0.15) is 13.9 Å². The summed E-state index contributed by atoms with van der Waals surface area (Å²) in [6.45, 7) is 0. The molecule has 1 unspecified atom stereocenters. The molecule has 6 heteroatoms. The maximum absolute atomic E-state index is 14.3. The lowest BCUT2D eigenvalue weighted by atomic mass is 10.0. The second-order valence-corrected chi connectivity index (χ2v) is 5.96. The molecule has 0 bridgehead atoms. The van der Waals surface area contributed by atoms with E-state index >= 15 is 0 Å². The summed E-state index contributed by atoms with van der Waals surface area (Å²) >= 11 is 3.06. The van der Waals surface area contributed by atoms with Crippen molar-refractivity contribution in [1.29, 1.82) is 0 Å². The van der Waals surface area contributed by atoms with E-state index in [9.17, 15) is 13.2 Å². The third kappa shape index (κ3) is 3.17. The van der Waals surface area contributed by atoms with Gasteiger partial charge in [-0.25, -0.2) is 9.07 Å². The van der Waals surface area contributed by atoms with E-state index in [2.05, 4.69) is 21.0 Å². The number of rotatable bonds is 4. The van der Waals surface area contributed by atoms with Gasteiger partial charge in [-0.15, -0.1) is 0 Å². The van der Waals surface area contributed by atoms with Crippen LogP contribution in [0.1, 0.15) is 11.9 Å². The fourth-order valence-electron chi connectivity index (χ4n) is 2.26. The van der Waals surface area contributed by atoms with Crippen LogP contribution in [0.2, 0.25) is 0 Å². The predicted molar refractivity (Wildman–Crippen MR) is 85.8 cm³/mol. The van der Waals surface area contributed by atoms with E-state index in [1.807, 2.05) is 30.3 Å². The van der Waals surface area contributed by atoms with Gasteiger partial charge < -0.3 is 0 Å². The average molecular weight is 381 g/mol. The minimum Gasteiger partial charge on any atom is -0.232 e. The number of hydrogen-bond donors (Lipinski definition) is 0. The number of hydrogen-bond acceptors (Lipinski definition) is 1. The molecule has 0 spiro atoms. The summed E-state index contributed by atoms with van der Waals surface area (Å²) in [4.78, 5) is 0. The maximum Gasteiger partial charge on any atom is 0.323 e. The van der Waals surface area contributed by atoms with Gasteiger partial charge in [0.15, 0.2) is 0 Å². The molecule has 0 aliphatic heterocycles. The Morgan fingerprint density at radius 2 is 1.57 bits per heavy atom. The van der Waals surface area contributed by atoms with Crippen LogP contribution < -0.4 is 0 Å². The molecule has 118 valence electrons. The van der Waals surface area contributed by atoms with Crippen molar-refractivity contribution in [2.24, 2.45) is 0 Å². The monoisotopic (exact) mass is 380 g/mol. The Morgan fingerprint density at radius 3 is 2.13 bits per heavy atom. The van der Waals surface area contributed by atoms with Crippen LogP contribution in [-0.2, 0) is 5.92 Å². The van der Waals surface area contributed by atoms with E-state index < -0.39 is 17.8 Å². The minimum absolute atomic E-state index is 0.392. The highest BCUT2D eigenvalue weighted by Crippen LogP contribution is 2.40. The van der Waals surface area contributed by atoms with E-state index in [1.54, 1.807) is 12.1 Å². The van der Waals surface area contributed by atoms with E-state index in [-0.39, 0.29) is 0 Å². The van der Waals surface area contributed by atoms with Crippen LogP contribution in [0.25, 0.3) is 11.1 Å². The van der Waals surface area contributed by atoms with Crippen molar-refractivity contribution >= 4 is 15.9 Å². The van der Waals surface area contributed by atoms with Crippen LogP contribution in [0.15, 0.2) is 71.5 Å². The highest BCUT2D eigenvalue weighted by molar-refractivity contribution is 9.10. The largest absolute Gasteiger partial charge is 0.323 e. The van der Waals surface area contributed by atoms with Gasteiger partial charge in [0.05, 0.1) is 10.7 Å². The Hall–Kier alpha value is -2.08. The Bertz CT molecular complexity index is 785. The van der Waals surface area contributed by atoms with Crippen molar-refractivity contribution in [1.82, 2.24) is 9.78 Å². The molecule has 0 aliphatic rings. The first-order valence-corrected chi connectivity index (χ1v) is 7.65. The Kier molecular flexibility index (Phi) is 4.26. The van der Waals surface area contributed by atoms with E-state index in [4.69, 9.17) is 0 Å². The second kappa shape index (κ2) is 6.20. The fraction of sp³-hybridized carbons (Fsp3) is 0.118. The Balaban J connectivity index is 1.88. The zero-order valence-corrected chi connectivity index (χ0v) is 13.4. The lowest BCUT2D eigenvalue weighted by Gasteiger charge is -2.21. The van der Waals surface area contributed by atoms with Crippen LogP contribution in [0.4, 0.5) is 13.2 Å². The van der Waals surface area contributed by atoms with Gasteiger partial charge in [0.2, 0.25) is 0 Å². The summed E-state index contributed by atoms with van der Waals surface area (Å²) in [6, 6.07) is 15.0. The van der Waals surface area contributed by atoms with Crippen LogP contribution in [0.5, 0.6) is 0 Å². The van der Waals surface area contributed by atoms with Crippen LogP contribution in [-0.4, -0.2) is 9.78 Å². The first kappa shape index (κ1) is 15.8. The molecule has 0 saturated carbocycles. The third-order valence-corrected chi connectivity index (χ3v) is 3.89. The molecule has 0 aliphatic carbocycles. The molecule has 1 heterocycles. The predicted octanol–water partition coefficient (Wildman–Crippen LogP) is 5.57. The van der Waals surface area contributed by atoms with Crippen molar-refractivity contribution in [2.45, 2.75) is 12.2 Å². The van der Waals surface area contributed by atoms with Crippen molar-refractivity contribution < 1.29 is 13.2 Å². The standard InChI is InChI=1S/C17H12BrF3N2/c18-15-10-22-23(11-15)16(19)17(20,21)14-8-6-13(7-9-14)12-4-2-1-3-5-12/h1-11,16H. The summed E-state index contributed by atoms with van der Waals surface area (Å²) in [7, 11) is 0. The summed E-state index contributed by atoms with van der Waals surface area (Å²) in [6.07, 6.45) is -0.130. The zero-order chi connectivity index (χ0) is 16.4. The quantitative estimate of drug-likeness (QED) is 0.578. The normalized spacial score (nSPS) is 13.0. The zero-order valence-electron chi connectivity index (χ0n) is 11.8. The van der Waals surface area contributed by atoms with Gasteiger partial charge in [-0.3, -0.25) is 0 Å². The Labute approximate surface area is 139 Å². The van der Waals surface area contributed by atoms with Crippen LogP contribution in [0.3, 0.4) is 0 Å². The minimum atomic E-state index is -3.68. The number of nitrogens with zero attached hydrogens (tertiary/aromatic N) is 2. The summed E-state index contributed by atoms with van der Waals surface area (Å²) in [5.41, 5.74) is 1.31. The fourth-order valence-corrected chi connectivity index (χ4v) is 2.56. The molecular weight excluding hydrogens is 369 g/mol. The van der Waals surface area contributed by atoms with E-state index in [0.29, 0.717) is 9.15 Å². The highest BCUT2D eigenvalue weighted by atomic mass is 79.9. The van der Waals surface area contributed by atoms with E-state index in [0.717, 1.165) is 11.1 Å². The van der Waals surface area contributed by atoms with Gasteiger partial charge in [0.25, 0.3) is 6.30 Å². The van der Waals surface area contributed by atoms with Gasteiger partial charge in [-0.05, 0) is 27.1 Å². The van der Waals surface area contributed by atoms with E-state index in [1.165, 1.54) is 24.5 Å². The SMILES string of the molecule is FC(n1cc(Br)cn1)C(F)(F)c1ccc(-c2ccccc2)cc1. The number of aromatic nitrogens is 2. The van der Waals surface area contributed by atoms with Crippen LogP contribution >= 0.6 is 15.9 Å². The lowest BCUT2D eigenvalue weighted by molar-refractivity contribution is -0.117. The van der Waals surface area contributed by atoms with Crippen molar-refractivity contribution in [3.63, 3.8) is 0 Å². The maximum atomic E-state index is 14.3. The molecule has 3 rings (SSSR count). The second-order valence-electron chi connectivity index (χ2n) is 5.04. The molecule has 1 aromatic heterocycles. The molecule has 1 atom stereocenters. The van der Waals surface area contributed by atoms with Crippen molar-refractivity contribution in [2.75, 3.05) is 0 Å². The summed E-state index contributed by atoms with van der Waals surface area (Å²) in [5.74, 6) is -3.68. The number of alkyl halides is 3. The number of benzene rings is 2. The smallest absolute Gasteiger partial charge is 0.232 e. The first-order valence-electron chi connectivity index (χ1n) is 6.86. The van der Waals surface area contributed by atoms with Gasteiger partial charge in [0, 0.05) is 11.8 Å². The molecule has 2 aromatic carbocycles. The first-order chi connectivity index (χ1) is 11.0. The van der Waals surface area contributed by atoms with Gasteiger partial charge >= 0.3 is 5.92 Å². The Morgan fingerprint density at radius 1 is 0.957 bits per heavy atom. The molecule has 23 heavy (non-hydrogen) atoms. The summed E-state index contributed by atoms with van der Waals surface area (Å²) in [5, 5.41) is 3.59.